The number of pyridine rings is 1. The molecule has 7 heteroatoms. The molecule has 2 aliphatic heterocycles. The van der Waals surface area contributed by atoms with Crippen molar-refractivity contribution in [1.82, 2.24) is 9.88 Å². The van der Waals surface area contributed by atoms with Gasteiger partial charge in [0.05, 0.1) is 11.2 Å². The lowest BCUT2D eigenvalue weighted by Gasteiger charge is -2.33. The summed E-state index contributed by atoms with van der Waals surface area (Å²) >= 11 is 0. The van der Waals surface area contributed by atoms with Crippen molar-refractivity contribution in [3.63, 3.8) is 0 Å². The highest BCUT2D eigenvalue weighted by Gasteiger charge is 2.39. The van der Waals surface area contributed by atoms with E-state index in [1.807, 2.05) is 0 Å². The number of hydrogen-bond acceptors (Lipinski definition) is 4. The first kappa shape index (κ1) is 16.5. The van der Waals surface area contributed by atoms with Crippen LogP contribution in [0.5, 0.6) is 0 Å². The zero-order valence-electron chi connectivity index (χ0n) is 13.0. The summed E-state index contributed by atoms with van der Waals surface area (Å²) in [7, 11) is 0. The van der Waals surface area contributed by atoms with E-state index in [9.17, 15) is 18.3 Å². The summed E-state index contributed by atoms with van der Waals surface area (Å²) in [6.45, 7) is 3.42. The Balaban J connectivity index is 1.67. The second-order valence-corrected chi connectivity index (χ2v) is 6.63. The first-order valence-corrected chi connectivity index (χ1v) is 8.09. The molecule has 1 atom stereocenters. The number of aliphatic hydroxyl groups is 1. The quantitative estimate of drug-likeness (QED) is 0.925. The van der Waals surface area contributed by atoms with Gasteiger partial charge in [0, 0.05) is 25.8 Å². The van der Waals surface area contributed by atoms with Crippen LogP contribution in [0.15, 0.2) is 18.3 Å². The Kier molecular flexibility index (Phi) is 4.51. The second-order valence-electron chi connectivity index (χ2n) is 6.63. The Bertz CT molecular complexity index is 546. The van der Waals surface area contributed by atoms with Crippen molar-refractivity contribution in [2.24, 2.45) is 0 Å². The van der Waals surface area contributed by atoms with Crippen molar-refractivity contribution in [3.05, 3.63) is 23.9 Å². The maximum Gasteiger partial charge on any atom is 0.416 e. The lowest BCUT2D eigenvalue weighted by molar-refractivity contribution is -0.137. The molecule has 128 valence electrons. The highest BCUT2D eigenvalue weighted by molar-refractivity contribution is 5.43. The third kappa shape index (κ3) is 3.95. The highest BCUT2D eigenvalue weighted by Crippen LogP contribution is 2.33. The van der Waals surface area contributed by atoms with Gasteiger partial charge in [-0.25, -0.2) is 4.98 Å². The number of rotatable bonds is 3. The van der Waals surface area contributed by atoms with E-state index in [4.69, 9.17) is 0 Å². The molecule has 3 heterocycles. The van der Waals surface area contributed by atoms with Gasteiger partial charge < -0.3 is 14.9 Å². The molecule has 0 saturated carbocycles. The Morgan fingerprint density at radius 2 is 1.91 bits per heavy atom. The van der Waals surface area contributed by atoms with Crippen LogP contribution in [0.2, 0.25) is 0 Å². The van der Waals surface area contributed by atoms with E-state index in [1.165, 1.54) is 12.6 Å². The van der Waals surface area contributed by atoms with E-state index < -0.39 is 17.3 Å². The van der Waals surface area contributed by atoms with Crippen molar-refractivity contribution in [1.29, 1.82) is 0 Å². The van der Waals surface area contributed by atoms with Crippen LogP contribution in [-0.2, 0) is 6.18 Å². The molecule has 2 saturated heterocycles. The molecule has 0 aliphatic carbocycles. The van der Waals surface area contributed by atoms with E-state index in [-0.39, 0.29) is 5.82 Å². The smallest absolute Gasteiger partial charge is 0.387 e. The van der Waals surface area contributed by atoms with Crippen LogP contribution in [0.25, 0.3) is 0 Å². The van der Waals surface area contributed by atoms with Crippen LogP contribution in [0.1, 0.15) is 31.2 Å². The van der Waals surface area contributed by atoms with Crippen molar-refractivity contribution in [3.8, 4) is 0 Å². The minimum atomic E-state index is -4.37. The summed E-state index contributed by atoms with van der Waals surface area (Å²) in [6, 6.07) is 2.03. The molecule has 2 aliphatic rings. The number of anilines is 1. The Morgan fingerprint density at radius 3 is 2.61 bits per heavy atom. The van der Waals surface area contributed by atoms with Gasteiger partial charge in [-0.3, -0.25) is 0 Å². The lowest BCUT2D eigenvalue weighted by atomic mass is 10.0. The van der Waals surface area contributed by atoms with Crippen molar-refractivity contribution >= 4 is 5.82 Å². The molecule has 1 aromatic heterocycles. The zero-order chi connectivity index (χ0) is 16.5. The molecular formula is C16H22F3N3O. The van der Waals surface area contributed by atoms with Gasteiger partial charge in [0.2, 0.25) is 0 Å². The average Bonchev–Trinajstić information content (AvgIpc) is 2.90. The number of aromatic nitrogens is 1. The lowest BCUT2D eigenvalue weighted by Crippen LogP contribution is -2.46. The van der Waals surface area contributed by atoms with Gasteiger partial charge in [-0.1, -0.05) is 6.42 Å². The monoisotopic (exact) mass is 329 g/mol. The molecule has 0 radical (unpaired) electrons. The minimum absolute atomic E-state index is 0.286. The molecule has 1 N–H and O–H groups in total. The van der Waals surface area contributed by atoms with E-state index in [0.717, 1.165) is 38.1 Å². The fourth-order valence-electron chi connectivity index (χ4n) is 3.48. The van der Waals surface area contributed by atoms with Gasteiger partial charge in [0.1, 0.15) is 5.82 Å². The number of piperidine rings is 1. The molecule has 4 nitrogen and oxygen atoms in total. The number of likely N-dealkylation sites (tertiary alicyclic amines) is 1. The fourth-order valence-corrected chi connectivity index (χ4v) is 3.48. The Labute approximate surface area is 133 Å². The second kappa shape index (κ2) is 6.28. The largest absolute Gasteiger partial charge is 0.416 e. The molecule has 0 spiro atoms. The molecular weight excluding hydrogens is 307 g/mol. The maximum atomic E-state index is 12.8. The molecule has 1 aromatic rings. The summed E-state index contributed by atoms with van der Waals surface area (Å²) in [4.78, 5) is 8.05. The van der Waals surface area contributed by atoms with Crippen molar-refractivity contribution < 1.29 is 18.3 Å². The summed E-state index contributed by atoms with van der Waals surface area (Å²) in [5.74, 6) is 0.286. The topological polar surface area (TPSA) is 39.6 Å². The molecule has 0 bridgehead atoms. The number of hydrogen-bond donors (Lipinski definition) is 1. The zero-order valence-corrected chi connectivity index (χ0v) is 13.0. The van der Waals surface area contributed by atoms with Crippen LogP contribution in [0.3, 0.4) is 0 Å². The van der Waals surface area contributed by atoms with Crippen LogP contribution in [-0.4, -0.2) is 53.3 Å². The van der Waals surface area contributed by atoms with Crippen molar-refractivity contribution in [2.45, 2.75) is 37.5 Å². The number of β-amino-alcohol motifs (C(OH)–C–C–N with tert-alkyl or cyclic N) is 1. The SMILES string of the molecule is OC1(CN2CCCCC2)CCN(c2cc(C(F)(F)F)ccn2)C1. The minimum Gasteiger partial charge on any atom is -0.387 e. The fraction of sp³-hybridized carbons (Fsp3) is 0.688. The summed E-state index contributed by atoms with van der Waals surface area (Å²) in [5.41, 5.74) is -1.57. The highest BCUT2D eigenvalue weighted by atomic mass is 19.4. The standard InChI is InChI=1S/C16H22F3N3O/c17-16(18,19)13-4-6-20-14(10-13)22-9-5-15(23,12-22)11-21-7-2-1-3-8-21/h4,6,10,23H,1-3,5,7-9,11-12H2. The van der Waals surface area contributed by atoms with Crippen LogP contribution in [0.4, 0.5) is 19.0 Å². The molecule has 3 rings (SSSR count). The third-order valence-electron chi connectivity index (χ3n) is 4.70. The summed E-state index contributed by atoms with van der Waals surface area (Å²) in [6.07, 6.45) is 0.891. The van der Waals surface area contributed by atoms with Gasteiger partial charge in [-0.2, -0.15) is 13.2 Å². The normalized spacial score (nSPS) is 26.7. The van der Waals surface area contributed by atoms with Gasteiger partial charge in [0.15, 0.2) is 0 Å². The molecule has 2 fully saturated rings. The third-order valence-corrected chi connectivity index (χ3v) is 4.70. The molecule has 1 unspecified atom stereocenters. The molecule has 23 heavy (non-hydrogen) atoms. The predicted octanol–water partition coefficient (Wildman–Crippen LogP) is 2.53. The van der Waals surface area contributed by atoms with Gasteiger partial charge in [-0.15, -0.1) is 0 Å². The maximum absolute atomic E-state index is 12.8. The van der Waals surface area contributed by atoms with Crippen LogP contribution >= 0.6 is 0 Å². The predicted molar refractivity (Wildman–Crippen MR) is 81.3 cm³/mol. The van der Waals surface area contributed by atoms with E-state index in [0.29, 0.717) is 26.1 Å². The van der Waals surface area contributed by atoms with E-state index in [1.54, 1.807) is 4.90 Å². The Morgan fingerprint density at radius 1 is 1.17 bits per heavy atom. The van der Waals surface area contributed by atoms with Crippen LogP contribution < -0.4 is 4.90 Å². The summed E-state index contributed by atoms with van der Waals surface area (Å²) in [5, 5.41) is 10.8. The number of nitrogens with zero attached hydrogens (tertiary/aromatic N) is 3. The van der Waals surface area contributed by atoms with E-state index >= 15 is 0 Å². The molecule has 0 aromatic carbocycles. The number of halogens is 3. The first-order valence-electron chi connectivity index (χ1n) is 8.09. The average molecular weight is 329 g/mol. The summed E-state index contributed by atoms with van der Waals surface area (Å²) < 4.78 is 38.4. The van der Waals surface area contributed by atoms with Gasteiger partial charge in [0.25, 0.3) is 0 Å². The van der Waals surface area contributed by atoms with Crippen molar-refractivity contribution in [2.75, 3.05) is 37.6 Å². The van der Waals surface area contributed by atoms with Gasteiger partial charge >= 0.3 is 6.18 Å². The van der Waals surface area contributed by atoms with Gasteiger partial charge in [-0.05, 0) is 44.5 Å². The molecule has 0 amide bonds. The van der Waals surface area contributed by atoms with E-state index in [2.05, 4.69) is 9.88 Å². The number of alkyl halides is 3. The Hall–Kier alpha value is -1.34. The van der Waals surface area contributed by atoms with Crippen LogP contribution in [0, 0.1) is 0 Å². The first-order chi connectivity index (χ1) is 10.9.